The van der Waals surface area contributed by atoms with Gasteiger partial charge in [-0.25, -0.2) is 0 Å². The van der Waals surface area contributed by atoms with Gasteiger partial charge in [-0.2, -0.15) is 0 Å². The second-order valence-electron chi connectivity index (χ2n) is 3.35. The molecule has 0 saturated carbocycles. The van der Waals surface area contributed by atoms with Crippen LogP contribution in [0.5, 0.6) is 11.5 Å². The molecule has 0 bridgehead atoms. The van der Waals surface area contributed by atoms with Crippen LogP contribution in [0.3, 0.4) is 0 Å². The molecule has 0 aliphatic heterocycles. The first-order valence-electron chi connectivity index (χ1n) is 5.71. The molecule has 0 heterocycles. The fraction of sp³-hybridized carbons (Fsp3) is 0.538. The van der Waals surface area contributed by atoms with E-state index in [9.17, 15) is 0 Å². The Morgan fingerprint density at radius 3 is 2.12 bits per heavy atom. The van der Waals surface area contributed by atoms with Crippen LogP contribution in [0.4, 0.5) is 0 Å². The molecule has 0 fully saturated rings. The normalized spacial score (nSPS) is 10.6. The van der Waals surface area contributed by atoms with Crippen LogP contribution in [0.2, 0.25) is 0 Å². The van der Waals surface area contributed by atoms with E-state index in [1.165, 1.54) is 0 Å². The van der Waals surface area contributed by atoms with E-state index in [0.717, 1.165) is 11.3 Å². The van der Waals surface area contributed by atoms with Crippen LogP contribution >= 0.6 is 0 Å². The van der Waals surface area contributed by atoms with Gasteiger partial charge in [0.15, 0.2) is 6.29 Å². The Bertz CT molecular complexity index is 332. The number of rotatable bonds is 7. The predicted octanol–water partition coefficient (Wildman–Crippen LogP) is 2.78. The molecular weight excluding hydrogens is 220 g/mol. The van der Waals surface area contributed by atoms with Gasteiger partial charge in [0.25, 0.3) is 0 Å². The zero-order valence-electron chi connectivity index (χ0n) is 10.9. The topological polar surface area (TPSA) is 36.9 Å². The second-order valence-corrected chi connectivity index (χ2v) is 3.35. The molecule has 4 nitrogen and oxygen atoms in total. The zero-order valence-corrected chi connectivity index (χ0v) is 10.9. The lowest BCUT2D eigenvalue weighted by Gasteiger charge is -2.20. The third-order valence-electron chi connectivity index (χ3n) is 2.33. The lowest BCUT2D eigenvalue weighted by Crippen LogP contribution is -2.10. The summed E-state index contributed by atoms with van der Waals surface area (Å²) in [5.74, 6) is 1.45. The minimum Gasteiger partial charge on any atom is -0.497 e. The van der Waals surface area contributed by atoms with E-state index in [1.807, 2.05) is 32.0 Å². The van der Waals surface area contributed by atoms with Crippen molar-refractivity contribution >= 4 is 0 Å². The van der Waals surface area contributed by atoms with E-state index >= 15 is 0 Å². The van der Waals surface area contributed by atoms with Gasteiger partial charge in [-0.15, -0.1) is 0 Å². The number of methoxy groups -OCH3 is 2. The van der Waals surface area contributed by atoms with Crippen LogP contribution in [-0.4, -0.2) is 27.4 Å². The molecule has 1 aromatic carbocycles. The lowest BCUT2D eigenvalue weighted by atomic mass is 10.2. The summed E-state index contributed by atoms with van der Waals surface area (Å²) < 4.78 is 21.6. The van der Waals surface area contributed by atoms with Crippen molar-refractivity contribution < 1.29 is 18.9 Å². The molecule has 0 radical (unpaired) electrons. The number of hydrogen-bond donors (Lipinski definition) is 0. The highest BCUT2D eigenvalue weighted by atomic mass is 16.7. The van der Waals surface area contributed by atoms with Crippen molar-refractivity contribution in [3.63, 3.8) is 0 Å². The molecule has 0 aromatic heterocycles. The Balaban J connectivity index is 2.99. The van der Waals surface area contributed by atoms with Gasteiger partial charge in [0.05, 0.1) is 14.2 Å². The summed E-state index contributed by atoms with van der Waals surface area (Å²) in [7, 11) is 3.24. The third-order valence-corrected chi connectivity index (χ3v) is 2.33. The zero-order chi connectivity index (χ0) is 12.7. The maximum atomic E-state index is 5.54. The summed E-state index contributed by atoms with van der Waals surface area (Å²) in [5.41, 5.74) is 0.872. The van der Waals surface area contributed by atoms with Crippen molar-refractivity contribution in [2.75, 3.05) is 27.4 Å². The Morgan fingerprint density at radius 2 is 1.65 bits per heavy atom. The van der Waals surface area contributed by atoms with E-state index in [1.54, 1.807) is 14.2 Å². The van der Waals surface area contributed by atoms with Crippen molar-refractivity contribution in [3.05, 3.63) is 23.8 Å². The molecule has 96 valence electrons. The Morgan fingerprint density at radius 1 is 1.00 bits per heavy atom. The molecule has 0 spiro atoms. The standard InChI is InChI=1S/C13H20O4/c1-5-16-13(17-6-2)11-8-7-10(14-3)9-12(11)15-4/h7-9,13H,5-6H2,1-4H3. The first kappa shape index (κ1) is 13.8. The van der Waals surface area contributed by atoms with Crippen molar-refractivity contribution in [3.8, 4) is 11.5 Å². The first-order chi connectivity index (χ1) is 8.26. The van der Waals surface area contributed by atoms with Crippen molar-refractivity contribution in [1.29, 1.82) is 0 Å². The van der Waals surface area contributed by atoms with E-state index < -0.39 is 6.29 Å². The highest BCUT2D eigenvalue weighted by Gasteiger charge is 2.17. The highest BCUT2D eigenvalue weighted by Crippen LogP contribution is 2.31. The van der Waals surface area contributed by atoms with E-state index in [0.29, 0.717) is 19.0 Å². The van der Waals surface area contributed by atoms with Crippen LogP contribution in [0.15, 0.2) is 18.2 Å². The molecule has 0 atom stereocenters. The molecule has 0 aliphatic carbocycles. The maximum Gasteiger partial charge on any atom is 0.187 e. The monoisotopic (exact) mass is 240 g/mol. The van der Waals surface area contributed by atoms with Gasteiger partial charge in [-0.05, 0) is 26.0 Å². The minimum absolute atomic E-state index is 0.397. The Labute approximate surface area is 102 Å². The van der Waals surface area contributed by atoms with Crippen LogP contribution in [0.1, 0.15) is 25.7 Å². The SMILES string of the molecule is CCOC(OCC)c1ccc(OC)cc1OC. The van der Waals surface area contributed by atoms with Crippen LogP contribution in [0.25, 0.3) is 0 Å². The number of ether oxygens (including phenoxy) is 4. The van der Waals surface area contributed by atoms with Gasteiger partial charge in [-0.3, -0.25) is 0 Å². The van der Waals surface area contributed by atoms with Crippen molar-refractivity contribution in [2.24, 2.45) is 0 Å². The molecule has 1 rings (SSSR count). The molecule has 17 heavy (non-hydrogen) atoms. The highest BCUT2D eigenvalue weighted by molar-refractivity contribution is 5.41. The van der Waals surface area contributed by atoms with Gasteiger partial charge >= 0.3 is 0 Å². The van der Waals surface area contributed by atoms with Crippen LogP contribution in [0, 0.1) is 0 Å². The average Bonchev–Trinajstić information content (AvgIpc) is 2.37. The Kier molecular flexibility index (Phi) is 5.80. The van der Waals surface area contributed by atoms with E-state index in [4.69, 9.17) is 18.9 Å². The summed E-state index contributed by atoms with van der Waals surface area (Å²) in [6, 6.07) is 5.58. The average molecular weight is 240 g/mol. The van der Waals surface area contributed by atoms with Gasteiger partial charge < -0.3 is 18.9 Å². The molecule has 0 aliphatic rings. The maximum absolute atomic E-state index is 5.54. The van der Waals surface area contributed by atoms with E-state index in [2.05, 4.69) is 0 Å². The predicted molar refractivity (Wildman–Crippen MR) is 65.5 cm³/mol. The molecule has 0 saturated heterocycles. The summed E-state index contributed by atoms with van der Waals surface area (Å²) in [6.45, 7) is 5.03. The van der Waals surface area contributed by atoms with Gasteiger partial charge in [-0.1, -0.05) is 0 Å². The molecule has 0 unspecified atom stereocenters. The smallest absolute Gasteiger partial charge is 0.187 e. The van der Waals surface area contributed by atoms with Crippen molar-refractivity contribution in [1.82, 2.24) is 0 Å². The fourth-order valence-electron chi connectivity index (χ4n) is 1.54. The largest absolute Gasteiger partial charge is 0.497 e. The Hall–Kier alpha value is -1.26. The van der Waals surface area contributed by atoms with E-state index in [-0.39, 0.29) is 0 Å². The number of benzene rings is 1. The van der Waals surface area contributed by atoms with Gasteiger partial charge in [0.1, 0.15) is 11.5 Å². The van der Waals surface area contributed by atoms with Crippen molar-refractivity contribution in [2.45, 2.75) is 20.1 Å². The summed E-state index contributed by atoms with van der Waals surface area (Å²) in [4.78, 5) is 0. The molecule has 0 amide bonds. The minimum atomic E-state index is -0.397. The second kappa shape index (κ2) is 7.14. The quantitative estimate of drug-likeness (QED) is 0.687. The summed E-state index contributed by atoms with van der Waals surface area (Å²) in [6.07, 6.45) is -0.397. The van der Waals surface area contributed by atoms with Crippen LogP contribution < -0.4 is 9.47 Å². The summed E-state index contributed by atoms with van der Waals surface area (Å²) in [5, 5.41) is 0. The summed E-state index contributed by atoms with van der Waals surface area (Å²) >= 11 is 0. The lowest BCUT2D eigenvalue weighted by molar-refractivity contribution is -0.141. The molecule has 0 N–H and O–H groups in total. The molecule has 1 aromatic rings. The molecular formula is C13H20O4. The van der Waals surface area contributed by atoms with Gasteiger partial charge in [0.2, 0.25) is 0 Å². The number of hydrogen-bond acceptors (Lipinski definition) is 4. The fourth-order valence-corrected chi connectivity index (χ4v) is 1.54. The van der Waals surface area contributed by atoms with Gasteiger partial charge in [0, 0.05) is 24.8 Å². The third kappa shape index (κ3) is 3.61. The van der Waals surface area contributed by atoms with Crippen LogP contribution in [-0.2, 0) is 9.47 Å². The molecule has 4 heteroatoms. The first-order valence-corrected chi connectivity index (χ1v) is 5.71.